The first-order valence-corrected chi connectivity index (χ1v) is 5.95. The molecule has 1 fully saturated rings. The van der Waals surface area contributed by atoms with Gasteiger partial charge in [-0.3, -0.25) is 4.79 Å². The number of amides is 1. The first-order valence-electron chi connectivity index (χ1n) is 5.95. The van der Waals surface area contributed by atoms with Gasteiger partial charge in [0.25, 0.3) is 5.91 Å². The maximum atomic E-state index is 12.2. The van der Waals surface area contributed by atoms with Crippen molar-refractivity contribution in [2.24, 2.45) is 0 Å². The third-order valence-corrected chi connectivity index (χ3v) is 3.27. The van der Waals surface area contributed by atoms with Crippen LogP contribution in [-0.2, 0) is 0 Å². The number of carbonyl (C=O) groups is 1. The van der Waals surface area contributed by atoms with Crippen LogP contribution in [0.4, 0.5) is 0 Å². The lowest BCUT2D eigenvalue weighted by Crippen LogP contribution is -2.43. The average Bonchev–Trinajstić information content (AvgIpc) is 2.38. The number of nitrogens with one attached hydrogen (secondary N) is 1. The number of nitrogens with zero attached hydrogens (tertiary/aromatic N) is 1. The van der Waals surface area contributed by atoms with Crippen LogP contribution in [0.3, 0.4) is 0 Å². The van der Waals surface area contributed by atoms with Gasteiger partial charge in [-0.25, -0.2) is 0 Å². The Morgan fingerprint density at radius 1 is 1.41 bits per heavy atom. The predicted octanol–water partition coefficient (Wildman–Crippen LogP) is 1.22. The fourth-order valence-electron chi connectivity index (χ4n) is 2.20. The predicted molar refractivity (Wildman–Crippen MR) is 66.1 cm³/mol. The van der Waals surface area contributed by atoms with Crippen LogP contribution in [-0.4, -0.2) is 42.1 Å². The molecule has 0 aliphatic carbocycles. The summed E-state index contributed by atoms with van der Waals surface area (Å²) in [6, 6.07) is 6.81. The van der Waals surface area contributed by atoms with E-state index in [1.54, 1.807) is 23.1 Å². The summed E-state index contributed by atoms with van der Waals surface area (Å²) in [6.07, 6.45) is 1.97. The van der Waals surface area contributed by atoms with Gasteiger partial charge in [-0.1, -0.05) is 6.07 Å². The van der Waals surface area contributed by atoms with E-state index >= 15 is 0 Å². The van der Waals surface area contributed by atoms with E-state index in [4.69, 9.17) is 0 Å². The molecular weight excluding hydrogens is 216 g/mol. The first-order chi connectivity index (χ1) is 8.18. The molecule has 1 amide bonds. The van der Waals surface area contributed by atoms with E-state index in [9.17, 15) is 9.90 Å². The zero-order valence-corrected chi connectivity index (χ0v) is 10.0. The summed E-state index contributed by atoms with van der Waals surface area (Å²) in [7, 11) is 1.84. The second kappa shape index (κ2) is 5.19. The molecule has 4 heteroatoms. The van der Waals surface area contributed by atoms with Gasteiger partial charge >= 0.3 is 0 Å². The standard InChI is InChI=1S/C13H18N2O2/c1-15(11-5-7-14-8-6-11)13(17)10-3-2-4-12(16)9-10/h2-4,9,11,14,16H,5-8H2,1H3. The zero-order valence-electron chi connectivity index (χ0n) is 10.0. The Labute approximate surface area is 101 Å². The molecule has 0 radical (unpaired) electrons. The van der Waals surface area contributed by atoms with Crippen LogP contribution in [0.1, 0.15) is 23.2 Å². The van der Waals surface area contributed by atoms with E-state index in [1.165, 1.54) is 6.07 Å². The zero-order chi connectivity index (χ0) is 12.3. The maximum Gasteiger partial charge on any atom is 0.253 e. The van der Waals surface area contributed by atoms with Gasteiger partial charge in [0.05, 0.1) is 0 Å². The Bertz CT molecular complexity index is 400. The molecule has 4 nitrogen and oxygen atoms in total. The van der Waals surface area contributed by atoms with Crippen LogP contribution >= 0.6 is 0 Å². The number of hydrogen-bond acceptors (Lipinski definition) is 3. The summed E-state index contributed by atoms with van der Waals surface area (Å²) >= 11 is 0. The van der Waals surface area contributed by atoms with Crippen molar-refractivity contribution < 1.29 is 9.90 Å². The molecule has 1 saturated heterocycles. The molecule has 0 aromatic heterocycles. The number of carbonyl (C=O) groups excluding carboxylic acids is 1. The van der Waals surface area contributed by atoms with Crippen molar-refractivity contribution in [1.82, 2.24) is 10.2 Å². The lowest BCUT2D eigenvalue weighted by atomic mass is 10.0. The highest BCUT2D eigenvalue weighted by Gasteiger charge is 2.22. The SMILES string of the molecule is CN(C(=O)c1cccc(O)c1)C1CCNCC1. The highest BCUT2D eigenvalue weighted by atomic mass is 16.3. The molecule has 2 rings (SSSR count). The summed E-state index contributed by atoms with van der Waals surface area (Å²) in [6.45, 7) is 1.92. The topological polar surface area (TPSA) is 52.6 Å². The Morgan fingerprint density at radius 3 is 2.76 bits per heavy atom. The molecule has 1 aromatic carbocycles. The fraction of sp³-hybridized carbons (Fsp3) is 0.462. The third kappa shape index (κ3) is 2.77. The quantitative estimate of drug-likeness (QED) is 0.809. The summed E-state index contributed by atoms with van der Waals surface area (Å²) < 4.78 is 0. The monoisotopic (exact) mass is 234 g/mol. The van der Waals surface area contributed by atoms with E-state index in [1.807, 2.05) is 7.05 Å². The van der Waals surface area contributed by atoms with Gasteiger partial charge in [0.15, 0.2) is 0 Å². The number of piperidine rings is 1. The van der Waals surface area contributed by atoms with E-state index in [2.05, 4.69) is 5.32 Å². The molecule has 0 bridgehead atoms. The molecule has 92 valence electrons. The molecule has 0 unspecified atom stereocenters. The summed E-state index contributed by atoms with van der Waals surface area (Å²) in [5, 5.41) is 12.7. The number of benzene rings is 1. The summed E-state index contributed by atoms with van der Waals surface area (Å²) in [5.74, 6) is 0.113. The van der Waals surface area contributed by atoms with Crippen LogP contribution < -0.4 is 5.32 Å². The molecule has 0 spiro atoms. The minimum absolute atomic E-state index is 0.0206. The maximum absolute atomic E-state index is 12.2. The molecule has 0 atom stereocenters. The van der Waals surface area contributed by atoms with Crippen LogP contribution in [0.2, 0.25) is 0 Å². The molecule has 17 heavy (non-hydrogen) atoms. The number of hydrogen-bond donors (Lipinski definition) is 2. The highest BCUT2D eigenvalue weighted by Crippen LogP contribution is 2.16. The van der Waals surface area contributed by atoms with Gasteiger partial charge in [-0.15, -0.1) is 0 Å². The van der Waals surface area contributed by atoms with Crippen LogP contribution in [0.25, 0.3) is 0 Å². The first kappa shape index (κ1) is 11.9. The average molecular weight is 234 g/mol. The van der Waals surface area contributed by atoms with Gasteiger partial charge in [0.1, 0.15) is 5.75 Å². The number of phenolic OH excluding ortho intramolecular Hbond substituents is 1. The molecule has 1 aliphatic rings. The van der Waals surface area contributed by atoms with E-state index in [-0.39, 0.29) is 11.7 Å². The van der Waals surface area contributed by atoms with Gasteiger partial charge < -0.3 is 15.3 Å². The van der Waals surface area contributed by atoms with Crippen molar-refractivity contribution in [3.8, 4) is 5.75 Å². The Morgan fingerprint density at radius 2 is 2.12 bits per heavy atom. The van der Waals surface area contributed by atoms with E-state index in [0.717, 1.165) is 25.9 Å². The third-order valence-electron chi connectivity index (χ3n) is 3.27. The van der Waals surface area contributed by atoms with E-state index in [0.29, 0.717) is 11.6 Å². The molecule has 2 N–H and O–H groups in total. The fourth-order valence-corrected chi connectivity index (χ4v) is 2.20. The van der Waals surface area contributed by atoms with E-state index < -0.39 is 0 Å². The van der Waals surface area contributed by atoms with Crippen molar-refractivity contribution in [3.05, 3.63) is 29.8 Å². The molecular formula is C13H18N2O2. The molecule has 1 aliphatic heterocycles. The van der Waals surface area contributed by atoms with Crippen molar-refractivity contribution in [3.63, 3.8) is 0 Å². The second-order valence-corrected chi connectivity index (χ2v) is 4.45. The number of phenols is 1. The Balaban J connectivity index is 2.08. The van der Waals surface area contributed by atoms with Gasteiger partial charge in [-0.2, -0.15) is 0 Å². The van der Waals surface area contributed by atoms with Gasteiger partial charge in [0, 0.05) is 18.7 Å². The minimum atomic E-state index is -0.0206. The van der Waals surface area contributed by atoms with Crippen LogP contribution in [0.15, 0.2) is 24.3 Å². The molecule has 1 aromatic rings. The number of rotatable bonds is 2. The van der Waals surface area contributed by atoms with Crippen LogP contribution in [0.5, 0.6) is 5.75 Å². The Hall–Kier alpha value is -1.55. The largest absolute Gasteiger partial charge is 0.508 e. The lowest BCUT2D eigenvalue weighted by molar-refractivity contribution is 0.0703. The van der Waals surface area contributed by atoms with Crippen molar-refractivity contribution in [2.45, 2.75) is 18.9 Å². The normalized spacial score (nSPS) is 16.8. The minimum Gasteiger partial charge on any atom is -0.508 e. The summed E-state index contributed by atoms with van der Waals surface area (Å²) in [4.78, 5) is 14.0. The van der Waals surface area contributed by atoms with Crippen molar-refractivity contribution in [2.75, 3.05) is 20.1 Å². The highest BCUT2D eigenvalue weighted by molar-refractivity contribution is 5.94. The van der Waals surface area contributed by atoms with Crippen molar-refractivity contribution >= 4 is 5.91 Å². The van der Waals surface area contributed by atoms with Gasteiger partial charge in [0.2, 0.25) is 0 Å². The lowest BCUT2D eigenvalue weighted by Gasteiger charge is -2.31. The number of aromatic hydroxyl groups is 1. The smallest absolute Gasteiger partial charge is 0.253 e. The summed E-state index contributed by atoms with van der Waals surface area (Å²) in [5.41, 5.74) is 0.547. The second-order valence-electron chi connectivity index (χ2n) is 4.45. The van der Waals surface area contributed by atoms with Crippen molar-refractivity contribution in [1.29, 1.82) is 0 Å². The molecule has 0 saturated carbocycles. The van der Waals surface area contributed by atoms with Gasteiger partial charge in [-0.05, 0) is 44.1 Å². The van der Waals surface area contributed by atoms with Crippen LogP contribution in [0, 0.1) is 0 Å². The Kier molecular flexibility index (Phi) is 3.64. The molecule has 1 heterocycles.